The SMILES string of the molecule is CCCNC(CCC(F)(F)F)c1cccc(OC(F)F)c1. The lowest BCUT2D eigenvalue weighted by atomic mass is 10.0. The molecule has 0 aromatic heterocycles. The molecule has 0 spiro atoms. The number of rotatable bonds is 8. The Kier molecular flexibility index (Phi) is 6.87. The number of hydrogen-bond donors (Lipinski definition) is 1. The van der Waals surface area contributed by atoms with Crippen molar-refractivity contribution in [3.63, 3.8) is 0 Å². The fourth-order valence-electron chi connectivity index (χ4n) is 1.92. The van der Waals surface area contributed by atoms with Gasteiger partial charge in [0, 0.05) is 12.5 Å². The molecule has 1 rings (SSSR count). The van der Waals surface area contributed by atoms with Gasteiger partial charge < -0.3 is 10.1 Å². The van der Waals surface area contributed by atoms with E-state index in [4.69, 9.17) is 0 Å². The zero-order chi connectivity index (χ0) is 15.9. The van der Waals surface area contributed by atoms with Crippen LogP contribution in [0.25, 0.3) is 0 Å². The van der Waals surface area contributed by atoms with Gasteiger partial charge in [0.05, 0.1) is 0 Å². The van der Waals surface area contributed by atoms with Crippen molar-refractivity contribution in [3.05, 3.63) is 29.8 Å². The third kappa shape index (κ3) is 7.27. The van der Waals surface area contributed by atoms with E-state index in [1.165, 1.54) is 18.2 Å². The summed E-state index contributed by atoms with van der Waals surface area (Å²) in [7, 11) is 0. The Morgan fingerprint density at radius 1 is 1.24 bits per heavy atom. The molecular formula is C14H18F5NO. The van der Waals surface area contributed by atoms with Crippen LogP contribution in [-0.4, -0.2) is 19.3 Å². The first-order chi connectivity index (χ1) is 9.81. The van der Waals surface area contributed by atoms with Gasteiger partial charge >= 0.3 is 12.8 Å². The molecule has 0 amide bonds. The molecule has 0 bridgehead atoms. The predicted octanol–water partition coefficient (Wildman–Crippen LogP) is 4.67. The van der Waals surface area contributed by atoms with E-state index in [-0.39, 0.29) is 12.2 Å². The smallest absolute Gasteiger partial charge is 0.389 e. The van der Waals surface area contributed by atoms with Gasteiger partial charge in [-0.05, 0) is 37.1 Å². The highest BCUT2D eigenvalue weighted by Crippen LogP contribution is 2.29. The molecule has 120 valence electrons. The minimum Gasteiger partial charge on any atom is -0.435 e. The summed E-state index contributed by atoms with van der Waals surface area (Å²) in [5.74, 6) is -0.0576. The second kappa shape index (κ2) is 8.17. The third-order valence-electron chi connectivity index (χ3n) is 2.84. The van der Waals surface area contributed by atoms with Gasteiger partial charge in [0.2, 0.25) is 0 Å². The van der Waals surface area contributed by atoms with Crippen LogP contribution in [0.15, 0.2) is 24.3 Å². The number of nitrogens with one attached hydrogen (secondary N) is 1. The molecule has 1 unspecified atom stereocenters. The van der Waals surface area contributed by atoms with Crippen molar-refractivity contribution in [2.45, 2.75) is 45.0 Å². The van der Waals surface area contributed by atoms with Crippen molar-refractivity contribution in [2.24, 2.45) is 0 Å². The standard InChI is InChI=1S/C14H18F5NO/c1-2-8-20-12(6-7-14(17,18)19)10-4-3-5-11(9-10)21-13(15)16/h3-5,9,12-13,20H,2,6-8H2,1H3. The van der Waals surface area contributed by atoms with Crippen molar-refractivity contribution in [2.75, 3.05) is 6.54 Å². The highest BCUT2D eigenvalue weighted by Gasteiger charge is 2.28. The van der Waals surface area contributed by atoms with Crippen LogP contribution in [0.4, 0.5) is 22.0 Å². The zero-order valence-corrected chi connectivity index (χ0v) is 11.6. The van der Waals surface area contributed by atoms with Crippen molar-refractivity contribution in [3.8, 4) is 5.75 Å². The molecule has 1 aromatic carbocycles. The molecule has 0 aliphatic rings. The average molecular weight is 311 g/mol. The van der Waals surface area contributed by atoms with Gasteiger partial charge in [0.1, 0.15) is 5.75 Å². The van der Waals surface area contributed by atoms with Gasteiger partial charge in [0.15, 0.2) is 0 Å². The zero-order valence-electron chi connectivity index (χ0n) is 11.6. The van der Waals surface area contributed by atoms with E-state index in [2.05, 4.69) is 10.1 Å². The predicted molar refractivity (Wildman–Crippen MR) is 69.4 cm³/mol. The summed E-state index contributed by atoms with van der Waals surface area (Å²) < 4.78 is 65.7. The largest absolute Gasteiger partial charge is 0.435 e. The molecule has 1 N–H and O–H groups in total. The number of alkyl halides is 5. The van der Waals surface area contributed by atoms with E-state index in [1.54, 1.807) is 6.07 Å². The number of benzene rings is 1. The Hall–Kier alpha value is -1.37. The molecule has 2 nitrogen and oxygen atoms in total. The Morgan fingerprint density at radius 2 is 1.95 bits per heavy atom. The molecule has 1 atom stereocenters. The van der Waals surface area contributed by atoms with E-state index >= 15 is 0 Å². The molecule has 0 aliphatic heterocycles. The van der Waals surface area contributed by atoms with Crippen molar-refractivity contribution in [1.82, 2.24) is 5.32 Å². The number of hydrogen-bond acceptors (Lipinski definition) is 2. The van der Waals surface area contributed by atoms with E-state index in [0.29, 0.717) is 12.1 Å². The molecule has 0 saturated carbocycles. The molecule has 0 radical (unpaired) electrons. The van der Waals surface area contributed by atoms with Crippen LogP contribution >= 0.6 is 0 Å². The van der Waals surface area contributed by atoms with Crippen LogP contribution in [0.3, 0.4) is 0 Å². The van der Waals surface area contributed by atoms with Crippen LogP contribution in [0.1, 0.15) is 37.8 Å². The van der Waals surface area contributed by atoms with Crippen LogP contribution in [0.5, 0.6) is 5.75 Å². The first-order valence-corrected chi connectivity index (χ1v) is 6.66. The van der Waals surface area contributed by atoms with Crippen LogP contribution in [0.2, 0.25) is 0 Å². The van der Waals surface area contributed by atoms with Crippen molar-refractivity contribution in [1.29, 1.82) is 0 Å². The first kappa shape index (κ1) is 17.7. The molecule has 1 aromatic rings. The minimum atomic E-state index is -4.25. The lowest BCUT2D eigenvalue weighted by Gasteiger charge is -2.20. The topological polar surface area (TPSA) is 21.3 Å². The maximum Gasteiger partial charge on any atom is 0.389 e. The molecule has 0 fully saturated rings. The van der Waals surface area contributed by atoms with Crippen molar-refractivity contribution >= 4 is 0 Å². The van der Waals surface area contributed by atoms with Crippen molar-refractivity contribution < 1.29 is 26.7 Å². The summed E-state index contributed by atoms with van der Waals surface area (Å²) in [5, 5.41) is 3.00. The molecule has 0 aliphatic carbocycles. The lowest BCUT2D eigenvalue weighted by Crippen LogP contribution is -2.24. The van der Waals surface area contributed by atoms with Gasteiger partial charge in [0.25, 0.3) is 0 Å². The minimum absolute atomic E-state index is 0.0576. The molecule has 21 heavy (non-hydrogen) atoms. The number of halogens is 5. The van der Waals surface area contributed by atoms with Gasteiger partial charge in [-0.1, -0.05) is 19.1 Å². The van der Waals surface area contributed by atoms with Crippen LogP contribution in [0, 0.1) is 0 Å². The third-order valence-corrected chi connectivity index (χ3v) is 2.84. The Labute approximate surface area is 120 Å². The maximum absolute atomic E-state index is 12.4. The Balaban J connectivity index is 2.81. The Bertz CT molecular complexity index is 422. The Morgan fingerprint density at radius 3 is 2.52 bits per heavy atom. The molecule has 7 heteroatoms. The number of ether oxygens (including phenoxy) is 1. The van der Waals surface area contributed by atoms with E-state index in [0.717, 1.165) is 6.42 Å². The van der Waals surface area contributed by atoms with Gasteiger partial charge in [-0.15, -0.1) is 0 Å². The summed E-state index contributed by atoms with van der Waals surface area (Å²) >= 11 is 0. The molecule has 0 heterocycles. The molecular weight excluding hydrogens is 293 g/mol. The second-order valence-electron chi connectivity index (χ2n) is 4.61. The van der Waals surface area contributed by atoms with Crippen LogP contribution < -0.4 is 10.1 Å². The summed E-state index contributed by atoms with van der Waals surface area (Å²) in [6.07, 6.45) is -4.57. The second-order valence-corrected chi connectivity index (χ2v) is 4.61. The molecule has 0 saturated heterocycles. The summed E-state index contributed by atoms with van der Waals surface area (Å²) in [4.78, 5) is 0. The monoisotopic (exact) mass is 311 g/mol. The average Bonchev–Trinajstić information content (AvgIpc) is 2.37. The van der Waals surface area contributed by atoms with E-state index < -0.39 is 25.3 Å². The van der Waals surface area contributed by atoms with E-state index in [9.17, 15) is 22.0 Å². The maximum atomic E-state index is 12.4. The summed E-state index contributed by atoms with van der Waals surface area (Å²) in [6, 6.07) is 5.22. The highest BCUT2D eigenvalue weighted by molar-refractivity contribution is 5.30. The lowest BCUT2D eigenvalue weighted by molar-refractivity contribution is -0.136. The van der Waals surface area contributed by atoms with Crippen LogP contribution in [-0.2, 0) is 0 Å². The fourth-order valence-corrected chi connectivity index (χ4v) is 1.92. The van der Waals surface area contributed by atoms with Gasteiger partial charge in [-0.3, -0.25) is 0 Å². The normalized spacial score (nSPS) is 13.5. The van der Waals surface area contributed by atoms with Gasteiger partial charge in [-0.25, -0.2) is 0 Å². The first-order valence-electron chi connectivity index (χ1n) is 6.66. The summed E-state index contributed by atoms with van der Waals surface area (Å²) in [5.41, 5.74) is 0.505. The highest BCUT2D eigenvalue weighted by atomic mass is 19.4. The van der Waals surface area contributed by atoms with Gasteiger partial charge in [-0.2, -0.15) is 22.0 Å². The summed E-state index contributed by atoms with van der Waals surface area (Å²) in [6.45, 7) is -0.524. The quantitative estimate of drug-likeness (QED) is 0.704. The van der Waals surface area contributed by atoms with E-state index in [1.807, 2.05) is 6.92 Å². The fraction of sp³-hybridized carbons (Fsp3) is 0.571.